The molecule has 0 bridgehead atoms. The van der Waals surface area contributed by atoms with Gasteiger partial charge in [0.25, 0.3) is 5.91 Å². The van der Waals surface area contributed by atoms with Gasteiger partial charge in [0.2, 0.25) is 5.88 Å². The number of aromatic nitrogens is 1. The lowest BCUT2D eigenvalue weighted by atomic mass is 10.2. The fourth-order valence-electron chi connectivity index (χ4n) is 1.97. The fraction of sp³-hybridized carbons (Fsp3) is 0.235. The molecule has 7 nitrogen and oxygen atoms in total. The van der Waals surface area contributed by atoms with Gasteiger partial charge in [0.15, 0.2) is 6.61 Å². The van der Waals surface area contributed by atoms with Crippen molar-refractivity contribution in [3.8, 4) is 11.6 Å². The van der Waals surface area contributed by atoms with Crippen LogP contribution >= 0.6 is 0 Å². The van der Waals surface area contributed by atoms with Crippen LogP contribution in [0, 0.1) is 6.92 Å². The number of hydrogen-bond donors (Lipinski definition) is 1. The third-order valence-corrected chi connectivity index (χ3v) is 3.14. The molecule has 0 spiro atoms. The van der Waals surface area contributed by atoms with Crippen LogP contribution in [-0.4, -0.2) is 37.7 Å². The van der Waals surface area contributed by atoms with Gasteiger partial charge in [-0.2, -0.15) is 0 Å². The number of rotatable bonds is 6. The molecule has 0 aliphatic rings. The summed E-state index contributed by atoms with van der Waals surface area (Å²) in [5.74, 6) is -0.284. The monoisotopic (exact) mass is 330 g/mol. The lowest BCUT2D eigenvalue weighted by Gasteiger charge is -2.11. The smallest absolute Gasteiger partial charge is 0.338 e. The minimum atomic E-state index is -0.637. The number of pyridine rings is 1. The number of amides is 1. The van der Waals surface area contributed by atoms with Crippen molar-refractivity contribution < 1.29 is 23.8 Å². The molecule has 1 heterocycles. The molecule has 0 atom stereocenters. The van der Waals surface area contributed by atoms with E-state index in [-0.39, 0.29) is 5.56 Å². The van der Waals surface area contributed by atoms with Crippen molar-refractivity contribution in [2.24, 2.45) is 0 Å². The van der Waals surface area contributed by atoms with Crippen LogP contribution in [0.15, 0.2) is 36.5 Å². The number of benzene rings is 1. The fourth-order valence-corrected chi connectivity index (χ4v) is 1.97. The van der Waals surface area contributed by atoms with Crippen LogP contribution in [-0.2, 0) is 9.53 Å². The number of nitrogens with one attached hydrogen (secondary N) is 1. The van der Waals surface area contributed by atoms with E-state index in [2.05, 4.69) is 10.3 Å². The first-order chi connectivity index (χ1) is 11.5. The van der Waals surface area contributed by atoms with E-state index in [9.17, 15) is 9.59 Å². The molecule has 2 rings (SSSR count). The molecule has 1 aromatic carbocycles. The molecule has 0 fully saturated rings. The third kappa shape index (κ3) is 4.45. The normalized spacial score (nSPS) is 9.96. The van der Waals surface area contributed by atoms with Gasteiger partial charge in [-0.05, 0) is 30.7 Å². The maximum Gasteiger partial charge on any atom is 0.338 e. The summed E-state index contributed by atoms with van der Waals surface area (Å²) >= 11 is 0. The Labute approximate surface area is 139 Å². The molecule has 7 heteroatoms. The predicted octanol–water partition coefficient (Wildman–Crippen LogP) is 2.20. The number of methoxy groups -OCH3 is 2. The highest BCUT2D eigenvalue weighted by atomic mass is 16.5. The van der Waals surface area contributed by atoms with Gasteiger partial charge in [-0.3, -0.25) is 4.79 Å². The summed E-state index contributed by atoms with van der Waals surface area (Å²) in [5, 5.41) is 2.65. The molecular formula is C17H18N2O5. The number of nitrogens with zero attached hydrogens (tertiary/aromatic N) is 1. The zero-order chi connectivity index (χ0) is 17.5. The van der Waals surface area contributed by atoms with Crippen LogP contribution in [0.5, 0.6) is 11.6 Å². The maximum absolute atomic E-state index is 12.0. The van der Waals surface area contributed by atoms with Gasteiger partial charge < -0.3 is 19.5 Å². The summed E-state index contributed by atoms with van der Waals surface area (Å²) < 4.78 is 15.1. The molecule has 0 aliphatic heterocycles. The standard InChI is InChI=1S/C17H18N2O5/c1-11-4-5-14(22-2)13(8-11)19-15(20)10-24-17(21)12-6-7-18-16(9-12)23-3/h4-9H,10H2,1-3H3,(H,19,20). The van der Waals surface area contributed by atoms with Crippen LogP contribution in [0.1, 0.15) is 15.9 Å². The molecule has 0 unspecified atom stereocenters. The average Bonchev–Trinajstić information content (AvgIpc) is 2.60. The Morgan fingerprint density at radius 1 is 1.12 bits per heavy atom. The summed E-state index contributed by atoms with van der Waals surface area (Å²) in [4.78, 5) is 27.8. The van der Waals surface area contributed by atoms with Gasteiger partial charge >= 0.3 is 5.97 Å². The van der Waals surface area contributed by atoms with Crippen molar-refractivity contribution in [3.05, 3.63) is 47.7 Å². The maximum atomic E-state index is 12.0. The minimum Gasteiger partial charge on any atom is -0.495 e. The van der Waals surface area contributed by atoms with Crippen LogP contribution in [0.4, 0.5) is 5.69 Å². The molecule has 126 valence electrons. The highest BCUT2D eigenvalue weighted by Gasteiger charge is 2.13. The van der Waals surface area contributed by atoms with Gasteiger partial charge in [0, 0.05) is 12.3 Å². The van der Waals surface area contributed by atoms with Crippen LogP contribution in [0.25, 0.3) is 0 Å². The van der Waals surface area contributed by atoms with E-state index >= 15 is 0 Å². The van der Waals surface area contributed by atoms with E-state index in [1.54, 1.807) is 12.1 Å². The SMILES string of the molecule is COc1cc(C(=O)OCC(=O)Nc2cc(C)ccc2OC)ccn1. The van der Waals surface area contributed by atoms with Crippen molar-refractivity contribution in [2.45, 2.75) is 6.92 Å². The number of aryl methyl sites for hydroxylation is 1. The number of esters is 1. The van der Waals surface area contributed by atoms with Crippen molar-refractivity contribution in [3.63, 3.8) is 0 Å². The number of anilines is 1. The predicted molar refractivity (Wildman–Crippen MR) is 87.4 cm³/mol. The third-order valence-electron chi connectivity index (χ3n) is 3.14. The molecule has 24 heavy (non-hydrogen) atoms. The van der Waals surface area contributed by atoms with Gasteiger partial charge in [-0.15, -0.1) is 0 Å². The number of carbonyl (C=O) groups excluding carboxylic acids is 2. The second-order valence-electron chi connectivity index (χ2n) is 4.91. The summed E-state index contributed by atoms with van der Waals surface area (Å²) in [6, 6.07) is 8.30. The molecule has 0 radical (unpaired) electrons. The van der Waals surface area contributed by atoms with E-state index in [0.29, 0.717) is 17.3 Å². The van der Waals surface area contributed by atoms with Crippen LogP contribution < -0.4 is 14.8 Å². The molecule has 2 aromatic rings. The summed E-state index contributed by atoms with van der Waals surface area (Å²) in [7, 11) is 2.96. The lowest BCUT2D eigenvalue weighted by molar-refractivity contribution is -0.119. The Morgan fingerprint density at radius 3 is 2.62 bits per heavy atom. The highest BCUT2D eigenvalue weighted by Crippen LogP contribution is 2.25. The van der Waals surface area contributed by atoms with Gasteiger partial charge in [0.1, 0.15) is 5.75 Å². The Bertz CT molecular complexity index is 746. The summed E-state index contributed by atoms with van der Waals surface area (Å²) in [5.41, 5.74) is 1.74. The van der Waals surface area contributed by atoms with Crippen molar-refractivity contribution in [1.29, 1.82) is 0 Å². The molecular weight excluding hydrogens is 312 g/mol. The van der Waals surface area contributed by atoms with Crippen molar-refractivity contribution in [2.75, 3.05) is 26.1 Å². The Morgan fingerprint density at radius 2 is 1.92 bits per heavy atom. The number of carbonyl (C=O) groups is 2. The molecule has 1 N–H and O–H groups in total. The second-order valence-corrected chi connectivity index (χ2v) is 4.91. The van der Waals surface area contributed by atoms with E-state index in [0.717, 1.165) is 5.56 Å². The first-order valence-corrected chi connectivity index (χ1v) is 7.15. The minimum absolute atomic E-state index is 0.253. The Kier molecular flexibility index (Phi) is 5.73. The first-order valence-electron chi connectivity index (χ1n) is 7.15. The molecule has 0 aliphatic carbocycles. The largest absolute Gasteiger partial charge is 0.495 e. The summed E-state index contributed by atoms with van der Waals surface area (Å²) in [6.45, 7) is 1.48. The molecule has 0 saturated carbocycles. The number of ether oxygens (including phenoxy) is 3. The topological polar surface area (TPSA) is 86.8 Å². The Hall–Kier alpha value is -3.09. The van der Waals surface area contributed by atoms with Crippen LogP contribution in [0.3, 0.4) is 0 Å². The lowest BCUT2D eigenvalue weighted by Crippen LogP contribution is -2.21. The van der Waals surface area contributed by atoms with E-state index in [1.165, 1.54) is 32.5 Å². The second kappa shape index (κ2) is 7.96. The average molecular weight is 330 g/mol. The van der Waals surface area contributed by atoms with Crippen LogP contribution in [0.2, 0.25) is 0 Å². The van der Waals surface area contributed by atoms with E-state index < -0.39 is 18.5 Å². The van der Waals surface area contributed by atoms with Crippen molar-refractivity contribution >= 4 is 17.6 Å². The van der Waals surface area contributed by atoms with E-state index in [1.807, 2.05) is 13.0 Å². The summed E-state index contributed by atoms with van der Waals surface area (Å²) in [6.07, 6.45) is 1.42. The van der Waals surface area contributed by atoms with Crippen molar-refractivity contribution in [1.82, 2.24) is 4.98 Å². The molecule has 1 aromatic heterocycles. The Balaban J connectivity index is 1.95. The zero-order valence-electron chi connectivity index (χ0n) is 13.7. The zero-order valence-corrected chi connectivity index (χ0v) is 13.7. The quantitative estimate of drug-likeness (QED) is 0.817. The van der Waals surface area contributed by atoms with Gasteiger partial charge in [0.05, 0.1) is 25.5 Å². The van der Waals surface area contributed by atoms with Gasteiger partial charge in [-0.25, -0.2) is 9.78 Å². The van der Waals surface area contributed by atoms with Gasteiger partial charge in [-0.1, -0.05) is 6.07 Å². The first kappa shape index (κ1) is 17.3. The molecule has 0 saturated heterocycles. The van der Waals surface area contributed by atoms with E-state index in [4.69, 9.17) is 14.2 Å². The highest BCUT2D eigenvalue weighted by molar-refractivity contribution is 5.96. The number of hydrogen-bond acceptors (Lipinski definition) is 6. The molecule has 1 amide bonds.